The van der Waals surface area contributed by atoms with Crippen molar-refractivity contribution in [2.45, 2.75) is 25.4 Å². The van der Waals surface area contributed by atoms with E-state index in [1.807, 2.05) is 59.5 Å². The predicted molar refractivity (Wildman–Crippen MR) is 143 cm³/mol. The minimum Gasteiger partial charge on any atom is -0.391 e. The number of carbonyl (C=O) groups excluding carboxylic acids is 2. The molecule has 2 N–H and O–H groups in total. The third-order valence-corrected chi connectivity index (χ3v) is 7.03. The Morgan fingerprint density at radius 2 is 1.81 bits per heavy atom. The Morgan fingerprint density at radius 3 is 2.51 bits per heavy atom. The van der Waals surface area contributed by atoms with Gasteiger partial charge in [0, 0.05) is 54.5 Å². The van der Waals surface area contributed by atoms with Gasteiger partial charge in [0.1, 0.15) is 5.82 Å². The average Bonchev–Trinajstić information content (AvgIpc) is 3.56. The van der Waals surface area contributed by atoms with Gasteiger partial charge in [0.05, 0.1) is 23.5 Å². The molecule has 4 heterocycles. The molecule has 0 radical (unpaired) electrons. The third kappa shape index (κ3) is 4.63. The lowest BCUT2D eigenvalue weighted by Gasteiger charge is -2.17. The number of hydrogen-bond acceptors (Lipinski definition) is 6. The van der Waals surface area contributed by atoms with Crippen molar-refractivity contribution in [2.24, 2.45) is 0 Å². The van der Waals surface area contributed by atoms with Gasteiger partial charge in [0.2, 0.25) is 5.91 Å². The SMILES string of the molecule is O=C(c1cccc2ncc(Nc3ccc(-c4ccc(N5CCCC5=O)cc4)cn3)cc12)N1CCC(O)C1. The molecule has 2 amide bonds. The molecule has 2 aromatic carbocycles. The van der Waals surface area contributed by atoms with E-state index in [0.29, 0.717) is 37.3 Å². The van der Waals surface area contributed by atoms with Crippen molar-refractivity contribution in [3.63, 3.8) is 0 Å². The van der Waals surface area contributed by atoms with E-state index in [9.17, 15) is 14.7 Å². The molecule has 1 unspecified atom stereocenters. The summed E-state index contributed by atoms with van der Waals surface area (Å²) in [6.07, 6.45) is 5.20. The van der Waals surface area contributed by atoms with Crippen LogP contribution in [0.3, 0.4) is 0 Å². The lowest BCUT2D eigenvalue weighted by Crippen LogP contribution is -2.29. The van der Waals surface area contributed by atoms with Crippen LogP contribution in [0.4, 0.5) is 17.2 Å². The van der Waals surface area contributed by atoms with Gasteiger partial charge < -0.3 is 20.2 Å². The van der Waals surface area contributed by atoms with Crippen LogP contribution in [0, 0.1) is 0 Å². The van der Waals surface area contributed by atoms with E-state index in [4.69, 9.17) is 0 Å². The number of rotatable bonds is 5. The fraction of sp³-hybridized carbons (Fsp3) is 0.241. The Bertz CT molecular complexity index is 1470. The third-order valence-electron chi connectivity index (χ3n) is 7.03. The number of carbonyl (C=O) groups is 2. The van der Waals surface area contributed by atoms with Crippen molar-refractivity contribution in [3.05, 3.63) is 78.6 Å². The average molecular weight is 494 g/mol. The number of likely N-dealkylation sites (tertiary alicyclic amines) is 1. The molecule has 0 bridgehead atoms. The van der Waals surface area contributed by atoms with Gasteiger partial charge in [0.25, 0.3) is 5.91 Å². The van der Waals surface area contributed by atoms with Crippen LogP contribution in [0.1, 0.15) is 29.6 Å². The number of β-amino-alcohol motifs (C(OH)–C–C–N with tert-alkyl or cyclic N) is 1. The Kier molecular flexibility index (Phi) is 6.02. The molecule has 1 atom stereocenters. The van der Waals surface area contributed by atoms with E-state index in [-0.39, 0.29) is 11.8 Å². The minimum absolute atomic E-state index is 0.0938. The van der Waals surface area contributed by atoms with Gasteiger partial charge in [-0.3, -0.25) is 14.6 Å². The maximum atomic E-state index is 13.1. The molecule has 8 heteroatoms. The van der Waals surface area contributed by atoms with Crippen LogP contribution in [0.2, 0.25) is 0 Å². The quantitative estimate of drug-likeness (QED) is 0.428. The van der Waals surface area contributed by atoms with Crippen LogP contribution >= 0.6 is 0 Å². The van der Waals surface area contributed by atoms with Crippen molar-refractivity contribution in [2.75, 3.05) is 29.9 Å². The van der Waals surface area contributed by atoms with Crippen LogP contribution in [0.15, 0.2) is 73.1 Å². The first-order valence-corrected chi connectivity index (χ1v) is 12.6. The lowest BCUT2D eigenvalue weighted by molar-refractivity contribution is -0.117. The number of nitrogens with zero attached hydrogens (tertiary/aromatic N) is 4. The van der Waals surface area contributed by atoms with E-state index in [0.717, 1.165) is 46.4 Å². The number of anilines is 3. The number of aliphatic hydroxyl groups excluding tert-OH is 1. The van der Waals surface area contributed by atoms with Gasteiger partial charge in [-0.1, -0.05) is 18.2 Å². The molecule has 4 aromatic rings. The largest absolute Gasteiger partial charge is 0.391 e. The Hall–Kier alpha value is -4.30. The zero-order valence-electron chi connectivity index (χ0n) is 20.3. The molecular weight excluding hydrogens is 466 g/mol. The first-order valence-electron chi connectivity index (χ1n) is 12.6. The zero-order chi connectivity index (χ0) is 25.4. The maximum Gasteiger partial charge on any atom is 0.254 e. The summed E-state index contributed by atoms with van der Waals surface area (Å²) in [5, 5.41) is 13.9. The second kappa shape index (κ2) is 9.63. The van der Waals surface area contributed by atoms with E-state index in [1.54, 1.807) is 23.4 Å². The normalized spacial score (nSPS) is 17.5. The van der Waals surface area contributed by atoms with Gasteiger partial charge in [-0.05, 0) is 60.9 Å². The van der Waals surface area contributed by atoms with Gasteiger partial charge in [-0.25, -0.2) is 4.98 Å². The first-order chi connectivity index (χ1) is 18.0. The molecule has 0 saturated carbocycles. The van der Waals surface area contributed by atoms with Crippen molar-refractivity contribution < 1.29 is 14.7 Å². The second-order valence-electron chi connectivity index (χ2n) is 9.54. The van der Waals surface area contributed by atoms with E-state index >= 15 is 0 Å². The lowest BCUT2D eigenvalue weighted by atomic mass is 10.1. The topological polar surface area (TPSA) is 98.7 Å². The summed E-state index contributed by atoms with van der Waals surface area (Å²) in [5.41, 5.74) is 4.97. The summed E-state index contributed by atoms with van der Waals surface area (Å²) in [4.78, 5) is 37.7. The van der Waals surface area contributed by atoms with Crippen molar-refractivity contribution in [1.82, 2.24) is 14.9 Å². The number of aliphatic hydroxyl groups is 1. The summed E-state index contributed by atoms with van der Waals surface area (Å²) < 4.78 is 0. The summed E-state index contributed by atoms with van der Waals surface area (Å²) in [5.74, 6) is 0.749. The number of nitrogens with one attached hydrogen (secondary N) is 1. The molecule has 8 nitrogen and oxygen atoms in total. The van der Waals surface area contributed by atoms with E-state index < -0.39 is 6.10 Å². The predicted octanol–water partition coefficient (Wildman–Crippen LogP) is 4.37. The Labute approximate surface area is 214 Å². The van der Waals surface area contributed by atoms with Gasteiger partial charge in [-0.15, -0.1) is 0 Å². The molecule has 0 aliphatic carbocycles. The zero-order valence-corrected chi connectivity index (χ0v) is 20.3. The fourth-order valence-electron chi connectivity index (χ4n) is 5.04. The standard InChI is InChI=1S/C29H27N5O3/c35-23-12-14-33(18-23)29(37)24-3-1-4-26-25(24)15-21(17-30-26)32-27-11-8-20(16-31-27)19-6-9-22(10-7-19)34-13-2-5-28(34)36/h1,3-4,6-11,15-17,23,35H,2,5,12-14,18H2,(H,31,32). The molecule has 37 heavy (non-hydrogen) atoms. The minimum atomic E-state index is -0.462. The maximum absolute atomic E-state index is 13.1. The van der Waals surface area contributed by atoms with Crippen LogP contribution in [-0.2, 0) is 4.79 Å². The summed E-state index contributed by atoms with van der Waals surface area (Å²) in [7, 11) is 0. The van der Waals surface area contributed by atoms with Crippen LogP contribution in [-0.4, -0.2) is 57.5 Å². The number of pyridine rings is 2. The molecule has 0 spiro atoms. The number of hydrogen-bond donors (Lipinski definition) is 2. The molecule has 2 aliphatic rings. The molecule has 2 saturated heterocycles. The van der Waals surface area contributed by atoms with Gasteiger partial charge in [0.15, 0.2) is 0 Å². The first kappa shape index (κ1) is 23.1. The van der Waals surface area contributed by atoms with E-state index in [2.05, 4.69) is 15.3 Å². The monoisotopic (exact) mass is 493 g/mol. The smallest absolute Gasteiger partial charge is 0.254 e. The summed E-state index contributed by atoms with van der Waals surface area (Å²) in [6, 6.07) is 19.3. The highest BCUT2D eigenvalue weighted by atomic mass is 16.3. The molecule has 186 valence electrons. The van der Waals surface area contributed by atoms with Crippen LogP contribution in [0.25, 0.3) is 22.0 Å². The summed E-state index contributed by atoms with van der Waals surface area (Å²) >= 11 is 0. The Morgan fingerprint density at radius 1 is 0.973 bits per heavy atom. The Balaban J connectivity index is 1.20. The highest BCUT2D eigenvalue weighted by Crippen LogP contribution is 2.28. The number of amides is 2. The highest BCUT2D eigenvalue weighted by Gasteiger charge is 2.26. The highest BCUT2D eigenvalue weighted by molar-refractivity contribution is 6.07. The van der Waals surface area contributed by atoms with Crippen molar-refractivity contribution in [1.29, 1.82) is 0 Å². The molecule has 6 rings (SSSR count). The molecule has 2 aliphatic heterocycles. The number of fused-ring (bicyclic) bond motifs is 1. The van der Waals surface area contributed by atoms with Gasteiger partial charge in [-0.2, -0.15) is 0 Å². The molecule has 2 fully saturated rings. The number of benzene rings is 2. The second-order valence-corrected chi connectivity index (χ2v) is 9.54. The van der Waals surface area contributed by atoms with Gasteiger partial charge >= 0.3 is 0 Å². The van der Waals surface area contributed by atoms with Crippen LogP contribution in [0.5, 0.6) is 0 Å². The number of aromatic nitrogens is 2. The van der Waals surface area contributed by atoms with E-state index in [1.165, 1.54) is 0 Å². The summed E-state index contributed by atoms with van der Waals surface area (Å²) in [6.45, 7) is 1.69. The molecular formula is C29H27N5O3. The van der Waals surface area contributed by atoms with Crippen LogP contribution < -0.4 is 10.2 Å². The fourth-order valence-corrected chi connectivity index (χ4v) is 5.04. The molecule has 2 aromatic heterocycles. The van der Waals surface area contributed by atoms with Crippen molar-refractivity contribution in [3.8, 4) is 11.1 Å². The van der Waals surface area contributed by atoms with Crippen molar-refractivity contribution >= 4 is 39.9 Å².